The SMILES string of the molecule is C=C1N(CC(=O)Nc2ccc(C(F)(F)F)c3cccnc23)C(CC)=C(N2CCN(C(=O)c3ncnc(C)c3O)CC2)C(=O)N1/N=C(\C)C1=CCOCC1. The molecule has 2 N–H and O–H groups in total. The van der Waals surface area contributed by atoms with Gasteiger partial charge in [-0.05, 0) is 50.5 Å². The van der Waals surface area contributed by atoms with Crippen molar-refractivity contribution in [3.8, 4) is 5.75 Å². The van der Waals surface area contributed by atoms with Crippen LogP contribution in [0.5, 0.6) is 5.75 Å². The van der Waals surface area contributed by atoms with Gasteiger partial charge < -0.3 is 29.9 Å². The molecule has 0 aliphatic carbocycles. The van der Waals surface area contributed by atoms with Crippen LogP contribution in [-0.2, 0) is 20.5 Å². The predicted octanol–water partition coefficient (Wildman–Crippen LogP) is 4.41. The Hall–Kier alpha value is -5.84. The third-order valence-electron chi connectivity index (χ3n) is 9.30. The van der Waals surface area contributed by atoms with Crippen LogP contribution in [0.3, 0.4) is 0 Å². The number of fused-ring (bicyclic) bond motifs is 1. The second kappa shape index (κ2) is 15.0. The number of nitrogens with one attached hydrogen (secondary N) is 1. The van der Waals surface area contributed by atoms with Crippen LogP contribution in [0.1, 0.15) is 48.4 Å². The van der Waals surface area contributed by atoms with E-state index in [1.165, 1.54) is 29.6 Å². The van der Waals surface area contributed by atoms with Gasteiger partial charge in [0.1, 0.15) is 24.4 Å². The van der Waals surface area contributed by atoms with Crippen molar-refractivity contribution in [3.05, 3.63) is 89.2 Å². The summed E-state index contributed by atoms with van der Waals surface area (Å²) in [4.78, 5) is 58.3. The van der Waals surface area contributed by atoms with E-state index in [4.69, 9.17) is 4.74 Å². The topological polar surface area (TPSA) is 157 Å². The van der Waals surface area contributed by atoms with Crippen molar-refractivity contribution in [2.45, 2.75) is 39.8 Å². The Balaban J connectivity index is 1.31. The molecule has 3 aliphatic rings. The van der Waals surface area contributed by atoms with Gasteiger partial charge in [0.25, 0.3) is 11.8 Å². The number of hydrogen-bond acceptors (Lipinski definition) is 11. The molecule has 0 radical (unpaired) electrons. The zero-order valence-electron chi connectivity index (χ0n) is 29.4. The smallest absolute Gasteiger partial charge is 0.417 e. The number of carbonyl (C=O) groups is 3. The molecular weight excluding hydrogens is 695 g/mol. The molecule has 0 spiro atoms. The summed E-state index contributed by atoms with van der Waals surface area (Å²) in [6.45, 7) is 10.7. The van der Waals surface area contributed by atoms with Gasteiger partial charge in [-0.15, -0.1) is 0 Å². The van der Waals surface area contributed by atoms with Crippen molar-refractivity contribution < 1.29 is 37.4 Å². The average Bonchev–Trinajstić information content (AvgIpc) is 3.15. The van der Waals surface area contributed by atoms with Crippen LogP contribution in [0, 0.1) is 6.92 Å². The maximum atomic E-state index is 14.4. The van der Waals surface area contributed by atoms with Crippen molar-refractivity contribution in [2.24, 2.45) is 5.10 Å². The molecule has 53 heavy (non-hydrogen) atoms. The Bertz CT molecular complexity index is 2070. The Morgan fingerprint density at radius 2 is 1.87 bits per heavy atom. The lowest BCUT2D eigenvalue weighted by Gasteiger charge is -2.44. The Kier molecular flexibility index (Phi) is 10.5. The second-order valence-corrected chi connectivity index (χ2v) is 12.5. The number of alkyl halides is 3. The summed E-state index contributed by atoms with van der Waals surface area (Å²) >= 11 is 0. The first-order valence-corrected chi connectivity index (χ1v) is 17.0. The molecule has 1 saturated heterocycles. The molecule has 3 aliphatic heterocycles. The molecule has 6 rings (SSSR count). The number of rotatable bonds is 8. The molecule has 17 heteroatoms. The number of amides is 3. The lowest BCUT2D eigenvalue weighted by molar-refractivity contribution is -0.136. The third kappa shape index (κ3) is 7.42. The molecular formula is C36H38F3N9O5. The number of aryl methyl sites for hydroxylation is 1. The highest BCUT2D eigenvalue weighted by molar-refractivity contribution is 6.04. The number of aromatic hydroxyl groups is 1. The zero-order chi connectivity index (χ0) is 38.0. The Labute approximate surface area is 302 Å². The van der Waals surface area contributed by atoms with Crippen molar-refractivity contribution in [1.29, 1.82) is 0 Å². The minimum Gasteiger partial charge on any atom is -0.504 e. The van der Waals surface area contributed by atoms with E-state index in [2.05, 4.69) is 31.9 Å². The van der Waals surface area contributed by atoms with E-state index in [-0.39, 0.29) is 78.0 Å². The maximum Gasteiger partial charge on any atom is 0.417 e. The number of pyridine rings is 1. The number of hydrogen-bond donors (Lipinski definition) is 2. The van der Waals surface area contributed by atoms with Gasteiger partial charge in [0.15, 0.2) is 11.4 Å². The molecule has 3 amide bonds. The monoisotopic (exact) mass is 733 g/mol. The van der Waals surface area contributed by atoms with Crippen molar-refractivity contribution in [3.63, 3.8) is 0 Å². The number of hydrazone groups is 1. The van der Waals surface area contributed by atoms with Gasteiger partial charge in [-0.3, -0.25) is 19.4 Å². The summed E-state index contributed by atoms with van der Waals surface area (Å²) in [5.41, 5.74) is 1.53. The third-order valence-corrected chi connectivity index (χ3v) is 9.30. The fraction of sp³-hybridized carbons (Fsp3) is 0.361. The lowest BCUT2D eigenvalue weighted by atomic mass is 10.1. The normalized spacial score (nSPS) is 17.5. The summed E-state index contributed by atoms with van der Waals surface area (Å²) in [5, 5.41) is 18.8. The number of halogens is 3. The first kappa shape index (κ1) is 36.9. The second-order valence-electron chi connectivity index (χ2n) is 12.5. The molecule has 0 saturated carbocycles. The molecule has 1 aromatic carbocycles. The van der Waals surface area contributed by atoms with E-state index >= 15 is 0 Å². The molecule has 0 unspecified atom stereocenters. The highest BCUT2D eigenvalue weighted by atomic mass is 19.4. The first-order valence-electron chi connectivity index (χ1n) is 17.0. The molecule has 2 aromatic heterocycles. The van der Waals surface area contributed by atoms with E-state index in [0.29, 0.717) is 37.5 Å². The number of piperazine rings is 1. The molecule has 0 atom stereocenters. The molecule has 1 fully saturated rings. The number of nitrogens with zero attached hydrogens (tertiary/aromatic N) is 8. The standard InChI is InChI=1S/C36H38F3N9O5/c1-5-28-32(45-13-15-46(16-14-45)34(51)31-33(50)22(3)41-20-42-31)35(52)48(44-21(2)24-10-17-53-18-11-24)23(4)47(28)19-29(49)43-27-9-8-26(36(37,38)39)25-7-6-12-40-30(25)27/h6-10,12,20,50H,4-5,11,13-19H2,1-3H3,(H,43,49)/b44-21+. The zero-order valence-corrected chi connectivity index (χ0v) is 29.4. The van der Waals surface area contributed by atoms with Crippen LogP contribution in [0.2, 0.25) is 0 Å². The minimum atomic E-state index is -4.63. The number of aromatic nitrogens is 3. The van der Waals surface area contributed by atoms with Crippen LogP contribution < -0.4 is 5.32 Å². The quantitative estimate of drug-likeness (QED) is 0.318. The van der Waals surface area contributed by atoms with Gasteiger partial charge in [0.2, 0.25) is 5.91 Å². The fourth-order valence-corrected chi connectivity index (χ4v) is 6.53. The summed E-state index contributed by atoms with van der Waals surface area (Å²) in [6, 6.07) is 4.74. The van der Waals surface area contributed by atoms with Crippen LogP contribution in [0.15, 0.2) is 77.3 Å². The fourth-order valence-electron chi connectivity index (χ4n) is 6.53. The lowest BCUT2D eigenvalue weighted by Crippen LogP contribution is -2.54. The molecule has 278 valence electrons. The number of ether oxygens (including phenoxy) is 1. The van der Waals surface area contributed by atoms with Gasteiger partial charge in [0.05, 0.1) is 41.4 Å². The first-order chi connectivity index (χ1) is 25.3. The highest BCUT2D eigenvalue weighted by Gasteiger charge is 2.40. The number of carbonyl (C=O) groups excluding carboxylic acids is 3. The largest absolute Gasteiger partial charge is 0.504 e. The Morgan fingerprint density at radius 1 is 1.11 bits per heavy atom. The van der Waals surface area contributed by atoms with Gasteiger partial charge in [-0.25, -0.2) is 9.97 Å². The number of anilines is 1. The van der Waals surface area contributed by atoms with E-state index in [0.717, 1.165) is 22.7 Å². The van der Waals surface area contributed by atoms with Crippen LogP contribution in [0.4, 0.5) is 18.9 Å². The Morgan fingerprint density at radius 3 is 2.55 bits per heavy atom. The molecule has 3 aromatic rings. The van der Waals surface area contributed by atoms with Gasteiger partial charge in [-0.2, -0.15) is 23.3 Å². The van der Waals surface area contributed by atoms with Gasteiger partial charge in [-0.1, -0.05) is 25.6 Å². The average molecular weight is 734 g/mol. The van der Waals surface area contributed by atoms with Crippen molar-refractivity contribution in [2.75, 3.05) is 51.3 Å². The molecule has 14 nitrogen and oxygen atoms in total. The van der Waals surface area contributed by atoms with Crippen LogP contribution in [-0.4, -0.2) is 109 Å². The van der Waals surface area contributed by atoms with E-state index in [1.54, 1.807) is 18.7 Å². The van der Waals surface area contributed by atoms with Crippen LogP contribution in [0.25, 0.3) is 10.9 Å². The summed E-state index contributed by atoms with van der Waals surface area (Å²) in [6.07, 6.45) is 0.693. The summed E-state index contributed by atoms with van der Waals surface area (Å²) in [7, 11) is 0. The summed E-state index contributed by atoms with van der Waals surface area (Å²) in [5.74, 6) is -1.74. The van der Waals surface area contributed by atoms with Crippen LogP contribution >= 0.6 is 0 Å². The number of allylic oxidation sites excluding steroid dienone is 1. The van der Waals surface area contributed by atoms with Gasteiger partial charge in [0, 0.05) is 43.5 Å². The van der Waals surface area contributed by atoms with E-state index < -0.39 is 29.5 Å². The highest BCUT2D eigenvalue weighted by Crippen LogP contribution is 2.37. The van der Waals surface area contributed by atoms with Crippen molar-refractivity contribution in [1.82, 2.24) is 34.7 Å². The summed E-state index contributed by atoms with van der Waals surface area (Å²) < 4.78 is 46.7. The van der Waals surface area contributed by atoms with Crippen molar-refractivity contribution >= 4 is 40.0 Å². The minimum absolute atomic E-state index is 0.0280. The van der Waals surface area contributed by atoms with E-state index in [1.807, 2.05) is 17.9 Å². The molecule has 5 heterocycles. The predicted molar refractivity (Wildman–Crippen MR) is 188 cm³/mol. The maximum absolute atomic E-state index is 14.4. The number of benzene rings is 1. The van der Waals surface area contributed by atoms with E-state index in [9.17, 15) is 32.7 Å². The van der Waals surface area contributed by atoms with Gasteiger partial charge >= 0.3 is 6.18 Å². The molecule has 0 bridgehead atoms.